The Bertz CT molecular complexity index is 755. The highest BCUT2D eigenvalue weighted by Gasteiger charge is 2.33. The van der Waals surface area contributed by atoms with Crippen LogP contribution in [0.1, 0.15) is 11.3 Å². The summed E-state index contributed by atoms with van der Waals surface area (Å²) in [5.74, 6) is 1.36. The molecule has 2 amide bonds. The number of anilines is 1. The smallest absolute Gasteiger partial charge is 0.248 e. The zero-order valence-corrected chi connectivity index (χ0v) is 14.1. The Balaban J connectivity index is 1.67. The number of nitrogens with zero attached hydrogens (tertiary/aromatic N) is 1. The first-order valence-corrected chi connectivity index (χ1v) is 8.77. The number of rotatable bonds is 4. The molecule has 0 radical (unpaired) electrons. The molecule has 124 valence electrons. The molecule has 2 heterocycles. The van der Waals surface area contributed by atoms with Crippen LogP contribution in [0.25, 0.3) is 6.08 Å². The van der Waals surface area contributed by atoms with Gasteiger partial charge in [-0.1, -0.05) is 18.2 Å². The molecule has 0 bridgehead atoms. The van der Waals surface area contributed by atoms with Crippen LogP contribution in [0.2, 0.25) is 0 Å². The van der Waals surface area contributed by atoms with E-state index in [2.05, 4.69) is 5.32 Å². The molecule has 0 saturated carbocycles. The largest absolute Gasteiger partial charge is 0.465 e. The molecule has 1 aromatic heterocycles. The van der Waals surface area contributed by atoms with E-state index in [9.17, 15) is 9.59 Å². The first-order valence-electron chi connectivity index (χ1n) is 7.61. The molecule has 3 rings (SSSR count). The number of amides is 2. The summed E-state index contributed by atoms with van der Waals surface area (Å²) in [7, 11) is 0. The molecular weight excluding hydrogens is 324 g/mol. The van der Waals surface area contributed by atoms with E-state index in [1.807, 2.05) is 31.2 Å². The third-order valence-corrected chi connectivity index (χ3v) is 4.82. The third-order valence-electron chi connectivity index (χ3n) is 3.80. The van der Waals surface area contributed by atoms with Crippen molar-refractivity contribution in [3.05, 3.63) is 60.1 Å². The van der Waals surface area contributed by atoms with E-state index in [4.69, 9.17) is 4.42 Å². The maximum atomic E-state index is 12.6. The summed E-state index contributed by atoms with van der Waals surface area (Å²) in [6.07, 6.45) is 4.61. The fraction of sp³-hybridized carbons (Fsp3) is 0.222. The second kappa shape index (κ2) is 7.40. The summed E-state index contributed by atoms with van der Waals surface area (Å²) in [5.41, 5.74) is 1.77. The van der Waals surface area contributed by atoms with Gasteiger partial charge in [-0.2, -0.15) is 0 Å². The lowest BCUT2D eigenvalue weighted by Crippen LogP contribution is -2.44. The highest BCUT2D eigenvalue weighted by atomic mass is 32.2. The SMILES string of the molecule is Cc1ccccc1NC(=O)C1CSCN1C(=O)/C=C/c1ccco1. The number of carbonyl (C=O) groups is 2. The fourth-order valence-corrected chi connectivity index (χ4v) is 3.61. The molecule has 1 aromatic carbocycles. The van der Waals surface area contributed by atoms with Crippen molar-refractivity contribution in [1.82, 2.24) is 4.90 Å². The van der Waals surface area contributed by atoms with Crippen LogP contribution < -0.4 is 5.32 Å². The van der Waals surface area contributed by atoms with Crippen molar-refractivity contribution < 1.29 is 14.0 Å². The number of benzene rings is 1. The molecule has 1 aliphatic heterocycles. The van der Waals surface area contributed by atoms with Gasteiger partial charge in [-0.25, -0.2) is 0 Å². The Morgan fingerprint density at radius 3 is 2.88 bits per heavy atom. The molecule has 24 heavy (non-hydrogen) atoms. The maximum Gasteiger partial charge on any atom is 0.248 e. The van der Waals surface area contributed by atoms with Crippen LogP contribution in [0.5, 0.6) is 0 Å². The predicted molar refractivity (Wildman–Crippen MR) is 95.5 cm³/mol. The van der Waals surface area contributed by atoms with E-state index in [0.717, 1.165) is 11.3 Å². The zero-order chi connectivity index (χ0) is 16.9. The lowest BCUT2D eigenvalue weighted by atomic mass is 10.2. The second-order valence-corrected chi connectivity index (χ2v) is 6.48. The van der Waals surface area contributed by atoms with E-state index in [0.29, 0.717) is 17.4 Å². The summed E-state index contributed by atoms with van der Waals surface area (Å²) in [4.78, 5) is 26.5. The summed E-state index contributed by atoms with van der Waals surface area (Å²) in [6.45, 7) is 1.94. The van der Waals surface area contributed by atoms with Crippen LogP contribution in [-0.4, -0.2) is 34.4 Å². The molecule has 1 aliphatic rings. The van der Waals surface area contributed by atoms with Crippen molar-refractivity contribution in [1.29, 1.82) is 0 Å². The number of furan rings is 1. The van der Waals surface area contributed by atoms with Crippen LogP contribution in [0.15, 0.2) is 53.2 Å². The highest BCUT2D eigenvalue weighted by Crippen LogP contribution is 2.23. The van der Waals surface area contributed by atoms with Crippen molar-refractivity contribution in [2.24, 2.45) is 0 Å². The third kappa shape index (κ3) is 3.71. The maximum absolute atomic E-state index is 12.6. The van der Waals surface area contributed by atoms with Crippen molar-refractivity contribution in [2.45, 2.75) is 13.0 Å². The average molecular weight is 342 g/mol. The van der Waals surface area contributed by atoms with E-state index < -0.39 is 6.04 Å². The molecule has 1 unspecified atom stereocenters. The summed E-state index contributed by atoms with van der Waals surface area (Å²) in [5, 5.41) is 2.92. The molecule has 0 spiro atoms. The Morgan fingerprint density at radius 2 is 2.12 bits per heavy atom. The van der Waals surface area contributed by atoms with Crippen LogP contribution >= 0.6 is 11.8 Å². The molecule has 1 atom stereocenters. The Kier molecular flexibility index (Phi) is 5.05. The number of hydrogen-bond acceptors (Lipinski definition) is 4. The van der Waals surface area contributed by atoms with Crippen molar-refractivity contribution >= 4 is 35.3 Å². The number of thioether (sulfide) groups is 1. The topological polar surface area (TPSA) is 62.6 Å². The summed E-state index contributed by atoms with van der Waals surface area (Å²) >= 11 is 1.57. The van der Waals surface area contributed by atoms with Gasteiger partial charge in [0.15, 0.2) is 0 Å². The van der Waals surface area contributed by atoms with Crippen molar-refractivity contribution in [3.63, 3.8) is 0 Å². The van der Waals surface area contributed by atoms with Crippen molar-refractivity contribution in [2.75, 3.05) is 16.9 Å². The average Bonchev–Trinajstić information content (AvgIpc) is 3.26. The summed E-state index contributed by atoms with van der Waals surface area (Å²) in [6, 6.07) is 10.7. The van der Waals surface area contributed by atoms with Gasteiger partial charge < -0.3 is 14.6 Å². The van der Waals surface area contributed by atoms with Gasteiger partial charge in [0.05, 0.1) is 12.1 Å². The molecule has 1 saturated heterocycles. The van der Waals surface area contributed by atoms with Crippen molar-refractivity contribution in [3.8, 4) is 0 Å². The van der Waals surface area contributed by atoms with E-state index >= 15 is 0 Å². The molecule has 1 fully saturated rings. The van der Waals surface area contributed by atoms with Gasteiger partial charge in [0.2, 0.25) is 11.8 Å². The number of hydrogen-bond donors (Lipinski definition) is 1. The molecule has 2 aromatic rings. The first kappa shape index (κ1) is 16.4. The van der Waals surface area contributed by atoms with Gasteiger partial charge in [0.25, 0.3) is 0 Å². The van der Waals surface area contributed by atoms with Crippen LogP contribution in [0.3, 0.4) is 0 Å². The molecule has 5 nitrogen and oxygen atoms in total. The summed E-state index contributed by atoms with van der Waals surface area (Å²) < 4.78 is 5.17. The monoisotopic (exact) mass is 342 g/mol. The standard InChI is InChI=1S/C18H18N2O3S/c1-13-5-2-3-7-15(13)19-18(22)16-11-24-12-20(16)17(21)9-8-14-6-4-10-23-14/h2-10,16H,11-12H2,1H3,(H,19,22)/b9-8+. The fourth-order valence-electron chi connectivity index (χ4n) is 2.44. The van der Waals surface area contributed by atoms with Gasteiger partial charge in [-0.05, 0) is 36.8 Å². The van der Waals surface area contributed by atoms with Crippen LogP contribution in [0.4, 0.5) is 5.69 Å². The van der Waals surface area contributed by atoms with Gasteiger partial charge in [-0.15, -0.1) is 11.8 Å². The first-order chi connectivity index (χ1) is 11.6. The normalized spacial score (nSPS) is 17.4. The van der Waals surface area contributed by atoms with Gasteiger partial charge in [0.1, 0.15) is 11.8 Å². The van der Waals surface area contributed by atoms with Gasteiger partial charge >= 0.3 is 0 Å². The van der Waals surface area contributed by atoms with Crippen LogP contribution in [-0.2, 0) is 9.59 Å². The minimum absolute atomic E-state index is 0.158. The lowest BCUT2D eigenvalue weighted by Gasteiger charge is -2.22. The Labute approximate surface area is 144 Å². The number of nitrogens with one attached hydrogen (secondary N) is 1. The quantitative estimate of drug-likeness (QED) is 0.867. The predicted octanol–water partition coefficient (Wildman–Crippen LogP) is 3.14. The Morgan fingerprint density at radius 1 is 1.29 bits per heavy atom. The van der Waals surface area contributed by atoms with Crippen LogP contribution in [0, 0.1) is 6.92 Å². The minimum Gasteiger partial charge on any atom is -0.465 e. The minimum atomic E-state index is -0.469. The Hall–Kier alpha value is -2.47. The number of para-hydroxylation sites is 1. The molecule has 0 aliphatic carbocycles. The van der Waals surface area contributed by atoms with E-state index in [1.165, 1.54) is 6.08 Å². The second-order valence-electron chi connectivity index (χ2n) is 5.48. The lowest BCUT2D eigenvalue weighted by molar-refractivity contribution is -0.132. The van der Waals surface area contributed by atoms with E-state index in [1.54, 1.807) is 41.1 Å². The van der Waals surface area contributed by atoms with E-state index in [-0.39, 0.29) is 11.8 Å². The highest BCUT2D eigenvalue weighted by molar-refractivity contribution is 7.99. The zero-order valence-electron chi connectivity index (χ0n) is 13.3. The van der Waals surface area contributed by atoms with Gasteiger partial charge in [-0.3, -0.25) is 9.59 Å². The molecule has 1 N–H and O–H groups in total. The number of aryl methyl sites for hydroxylation is 1. The van der Waals surface area contributed by atoms with Gasteiger partial charge in [0, 0.05) is 17.5 Å². The number of carbonyl (C=O) groups excluding carboxylic acids is 2. The molecule has 6 heteroatoms. The molecular formula is C18H18N2O3S.